The van der Waals surface area contributed by atoms with E-state index in [-0.39, 0.29) is 5.69 Å². The van der Waals surface area contributed by atoms with Crippen molar-refractivity contribution in [3.05, 3.63) is 17.5 Å². The molecule has 0 aliphatic heterocycles. The van der Waals surface area contributed by atoms with Gasteiger partial charge in [0.25, 0.3) is 0 Å². The number of nitrogens with zero attached hydrogens (tertiary/aromatic N) is 1. The molecular formula is C5H6F2N2. The second-order valence-corrected chi connectivity index (χ2v) is 1.65. The summed E-state index contributed by atoms with van der Waals surface area (Å²) in [5.74, 6) is 0. The van der Waals surface area contributed by atoms with E-state index in [1.54, 1.807) is 0 Å². The van der Waals surface area contributed by atoms with Crippen LogP contribution in [0, 0.1) is 0 Å². The van der Waals surface area contributed by atoms with Gasteiger partial charge in [0.15, 0.2) is 0 Å². The van der Waals surface area contributed by atoms with Crippen LogP contribution in [0.15, 0.2) is 6.07 Å². The van der Waals surface area contributed by atoms with Crippen molar-refractivity contribution >= 4 is 0 Å². The fourth-order valence-electron chi connectivity index (χ4n) is 0.546. The molecule has 0 aliphatic rings. The molecular weight excluding hydrogens is 126 g/mol. The summed E-state index contributed by atoms with van der Waals surface area (Å²) in [6.07, 6.45) is 0. The summed E-state index contributed by atoms with van der Waals surface area (Å²) in [5.41, 5.74) is 0.574. The van der Waals surface area contributed by atoms with Crippen molar-refractivity contribution in [2.75, 3.05) is 0 Å². The maximum atomic E-state index is 11.7. The summed E-state index contributed by atoms with van der Waals surface area (Å²) in [7, 11) is 0. The van der Waals surface area contributed by atoms with E-state index in [0.29, 0.717) is 5.69 Å². The monoisotopic (exact) mass is 132 g/mol. The summed E-state index contributed by atoms with van der Waals surface area (Å²) >= 11 is 0. The Bertz CT molecular complexity index is 166. The Balaban J connectivity index is 2.74. The predicted octanol–water partition coefficient (Wildman–Crippen LogP) is 1.35. The van der Waals surface area contributed by atoms with Gasteiger partial charge in [0.1, 0.15) is 13.3 Å². The van der Waals surface area contributed by atoms with Gasteiger partial charge in [0.2, 0.25) is 0 Å². The van der Waals surface area contributed by atoms with Gasteiger partial charge >= 0.3 is 0 Å². The number of H-pyrrole nitrogens is 1. The van der Waals surface area contributed by atoms with Crippen LogP contribution in [0.4, 0.5) is 8.78 Å². The van der Waals surface area contributed by atoms with Crippen molar-refractivity contribution < 1.29 is 8.78 Å². The summed E-state index contributed by atoms with van der Waals surface area (Å²) in [6, 6.07) is 1.36. The van der Waals surface area contributed by atoms with E-state index in [0.717, 1.165) is 0 Å². The molecule has 0 spiro atoms. The molecule has 0 saturated heterocycles. The third kappa shape index (κ3) is 1.25. The summed E-state index contributed by atoms with van der Waals surface area (Å²) in [4.78, 5) is 0. The fraction of sp³-hybridized carbons (Fsp3) is 0.400. The average Bonchev–Trinajstić information content (AvgIpc) is 2.34. The summed E-state index contributed by atoms with van der Waals surface area (Å²) in [5, 5.41) is 5.81. The predicted molar refractivity (Wildman–Crippen MR) is 28.2 cm³/mol. The Morgan fingerprint density at radius 3 is 2.56 bits per heavy atom. The standard InChI is InChI=1S/C5H6F2N2/c6-2-4-1-5(3-7)9-8-4/h1H,2-3H2,(H,8,9). The fourth-order valence-corrected chi connectivity index (χ4v) is 0.546. The van der Waals surface area contributed by atoms with Crippen molar-refractivity contribution in [3.8, 4) is 0 Å². The lowest BCUT2D eigenvalue weighted by Crippen LogP contribution is -1.75. The molecule has 0 bridgehead atoms. The van der Waals surface area contributed by atoms with Gasteiger partial charge in [-0.05, 0) is 6.07 Å². The number of alkyl halides is 2. The van der Waals surface area contributed by atoms with Crippen molar-refractivity contribution in [3.63, 3.8) is 0 Å². The second-order valence-electron chi connectivity index (χ2n) is 1.65. The van der Waals surface area contributed by atoms with Crippen LogP contribution >= 0.6 is 0 Å². The molecule has 0 amide bonds. The molecule has 9 heavy (non-hydrogen) atoms. The van der Waals surface area contributed by atoms with E-state index < -0.39 is 13.3 Å². The number of aromatic nitrogens is 2. The molecule has 0 saturated carbocycles. The van der Waals surface area contributed by atoms with Crippen molar-refractivity contribution in [1.29, 1.82) is 0 Å². The van der Waals surface area contributed by atoms with Crippen LogP contribution in [-0.2, 0) is 13.3 Å². The van der Waals surface area contributed by atoms with Crippen LogP contribution < -0.4 is 0 Å². The molecule has 4 heteroatoms. The van der Waals surface area contributed by atoms with Crippen LogP contribution in [0.1, 0.15) is 11.4 Å². The molecule has 0 aromatic carbocycles. The van der Waals surface area contributed by atoms with Gasteiger partial charge < -0.3 is 0 Å². The molecule has 0 atom stereocenters. The molecule has 0 fully saturated rings. The molecule has 50 valence electrons. The third-order valence-electron chi connectivity index (χ3n) is 0.965. The van der Waals surface area contributed by atoms with Crippen LogP contribution in [-0.4, -0.2) is 10.2 Å². The highest BCUT2D eigenvalue weighted by molar-refractivity contribution is 5.06. The smallest absolute Gasteiger partial charge is 0.133 e. The zero-order valence-corrected chi connectivity index (χ0v) is 4.69. The van der Waals surface area contributed by atoms with Gasteiger partial charge in [0, 0.05) is 0 Å². The minimum absolute atomic E-state index is 0.252. The number of halogens is 2. The number of rotatable bonds is 2. The summed E-state index contributed by atoms with van der Waals surface area (Å²) in [6.45, 7) is -1.26. The van der Waals surface area contributed by atoms with Crippen LogP contribution in [0.5, 0.6) is 0 Å². The first kappa shape index (κ1) is 6.19. The molecule has 1 aromatic rings. The van der Waals surface area contributed by atoms with Gasteiger partial charge in [-0.3, -0.25) is 5.10 Å². The maximum absolute atomic E-state index is 11.7. The zero-order chi connectivity index (χ0) is 6.69. The Morgan fingerprint density at radius 2 is 2.22 bits per heavy atom. The number of nitrogens with one attached hydrogen (secondary N) is 1. The quantitative estimate of drug-likeness (QED) is 0.646. The first-order chi connectivity index (χ1) is 4.36. The maximum Gasteiger partial charge on any atom is 0.133 e. The largest absolute Gasteiger partial charge is 0.280 e. The van der Waals surface area contributed by atoms with Gasteiger partial charge in [0.05, 0.1) is 11.4 Å². The Morgan fingerprint density at radius 1 is 1.44 bits per heavy atom. The van der Waals surface area contributed by atoms with E-state index >= 15 is 0 Å². The molecule has 2 nitrogen and oxygen atoms in total. The van der Waals surface area contributed by atoms with E-state index in [2.05, 4.69) is 10.2 Å². The van der Waals surface area contributed by atoms with E-state index in [1.165, 1.54) is 6.07 Å². The van der Waals surface area contributed by atoms with Crippen molar-refractivity contribution in [1.82, 2.24) is 10.2 Å². The van der Waals surface area contributed by atoms with Crippen LogP contribution in [0.2, 0.25) is 0 Å². The van der Waals surface area contributed by atoms with Crippen LogP contribution in [0.3, 0.4) is 0 Å². The van der Waals surface area contributed by atoms with Gasteiger partial charge in [-0.15, -0.1) is 0 Å². The SMILES string of the molecule is FCc1cc(CF)[nH]n1. The molecule has 1 rings (SSSR count). The molecule has 0 radical (unpaired) electrons. The molecule has 1 aromatic heterocycles. The third-order valence-corrected chi connectivity index (χ3v) is 0.965. The molecule has 0 unspecified atom stereocenters. The van der Waals surface area contributed by atoms with E-state index in [4.69, 9.17) is 0 Å². The highest BCUT2D eigenvalue weighted by Gasteiger charge is 1.97. The topological polar surface area (TPSA) is 28.7 Å². The van der Waals surface area contributed by atoms with Crippen LogP contribution in [0.25, 0.3) is 0 Å². The highest BCUT2D eigenvalue weighted by atomic mass is 19.1. The first-order valence-corrected chi connectivity index (χ1v) is 2.52. The highest BCUT2D eigenvalue weighted by Crippen LogP contribution is 2.01. The first-order valence-electron chi connectivity index (χ1n) is 2.52. The van der Waals surface area contributed by atoms with E-state index in [9.17, 15) is 8.78 Å². The Kier molecular flexibility index (Phi) is 1.77. The second kappa shape index (κ2) is 2.57. The minimum atomic E-state index is -0.642. The zero-order valence-electron chi connectivity index (χ0n) is 4.69. The molecule has 0 aliphatic carbocycles. The number of hydrogen-bond donors (Lipinski definition) is 1. The normalized spacial score (nSPS) is 10.0. The lowest BCUT2D eigenvalue weighted by Gasteiger charge is -1.77. The lowest BCUT2D eigenvalue weighted by molar-refractivity contribution is 0.475. The van der Waals surface area contributed by atoms with E-state index in [1.807, 2.05) is 0 Å². The van der Waals surface area contributed by atoms with Gasteiger partial charge in [-0.1, -0.05) is 0 Å². The van der Waals surface area contributed by atoms with Gasteiger partial charge in [-0.25, -0.2) is 8.78 Å². The van der Waals surface area contributed by atoms with Gasteiger partial charge in [-0.2, -0.15) is 5.10 Å². The number of hydrogen-bond acceptors (Lipinski definition) is 1. The minimum Gasteiger partial charge on any atom is -0.280 e. The molecule has 1 N–H and O–H groups in total. The van der Waals surface area contributed by atoms with Crippen molar-refractivity contribution in [2.24, 2.45) is 0 Å². The average molecular weight is 132 g/mol. The Labute approximate surface area is 50.9 Å². The lowest BCUT2D eigenvalue weighted by atomic mass is 10.4. The Hall–Kier alpha value is -0.930. The summed E-state index contributed by atoms with van der Waals surface area (Å²) < 4.78 is 23.4. The van der Waals surface area contributed by atoms with Crippen molar-refractivity contribution in [2.45, 2.75) is 13.3 Å². The number of aromatic amines is 1. The molecule has 1 heterocycles.